The van der Waals surface area contributed by atoms with Crippen molar-refractivity contribution in [3.8, 4) is 0 Å². The van der Waals surface area contributed by atoms with E-state index < -0.39 is 0 Å². The molecule has 0 radical (unpaired) electrons. The predicted octanol–water partition coefficient (Wildman–Crippen LogP) is 5.39. The van der Waals surface area contributed by atoms with E-state index in [1.165, 1.54) is 6.07 Å². The quantitative estimate of drug-likeness (QED) is 0.751. The van der Waals surface area contributed by atoms with Gasteiger partial charge in [0.05, 0.1) is 11.1 Å². The Morgan fingerprint density at radius 3 is 2.79 bits per heavy atom. The van der Waals surface area contributed by atoms with Crippen LogP contribution in [0.25, 0.3) is 0 Å². The standard InChI is InChI=1S/C14H14BrClFNS/c1-2-5-18-14(10-7-19-8-11(10)15)9-3-4-12(16)13(17)6-9/h3-4,6-8,14,18H,2,5H2,1H3. The molecule has 1 aromatic carbocycles. The van der Waals surface area contributed by atoms with E-state index in [0.717, 1.165) is 28.6 Å². The summed E-state index contributed by atoms with van der Waals surface area (Å²) in [5, 5.41) is 7.70. The highest BCUT2D eigenvalue weighted by Crippen LogP contribution is 2.32. The zero-order valence-corrected chi connectivity index (χ0v) is 13.6. The van der Waals surface area contributed by atoms with Crippen LogP contribution in [-0.2, 0) is 0 Å². The molecule has 0 aliphatic heterocycles. The van der Waals surface area contributed by atoms with Crippen molar-refractivity contribution in [1.29, 1.82) is 0 Å². The first-order chi connectivity index (χ1) is 9.13. The molecule has 0 aliphatic carbocycles. The number of hydrogen-bond donors (Lipinski definition) is 1. The largest absolute Gasteiger partial charge is 0.306 e. The highest BCUT2D eigenvalue weighted by atomic mass is 79.9. The van der Waals surface area contributed by atoms with Gasteiger partial charge in [-0.2, -0.15) is 11.3 Å². The average molecular weight is 363 g/mol. The lowest BCUT2D eigenvalue weighted by Crippen LogP contribution is -2.23. The second-order valence-corrected chi connectivity index (χ2v) is 6.24. The summed E-state index contributed by atoms with van der Waals surface area (Å²) in [6, 6.07) is 4.95. The number of nitrogens with one attached hydrogen (secondary N) is 1. The van der Waals surface area contributed by atoms with E-state index in [-0.39, 0.29) is 16.9 Å². The summed E-state index contributed by atoms with van der Waals surface area (Å²) >= 11 is 10.9. The molecule has 5 heteroatoms. The third-order valence-corrected chi connectivity index (χ3v) is 4.89. The van der Waals surface area contributed by atoms with Crippen LogP contribution in [0.2, 0.25) is 5.02 Å². The topological polar surface area (TPSA) is 12.0 Å². The Balaban J connectivity index is 2.37. The zero-order valence-electron chi connectivity index (χ0n) is 10.4. The molecule has 1 N–H and O–H groups in total. The molecule has 2 rings (SSSR count). The van der Waals surface area contributed by atoms with Gasteiger partial charge in [0.15, 0.2) is 0 Å². The summed E-state index contributed by atoms with van der Waals surface area (Å²) < 4.78 is 14.7. The van der Waals surface area contributed by atoms with Gasteiger partial charge in [-0.1, -0.05) is 24.6 Å². The molecule has 0 saturated carbocycles. The fraction of sp³-hybridized carbons (Fsp3) is 0.286. The summed E-state index contributed by atoms with van der Waals surface area (Å²) in [5.41, 5.74) is 2.01. The maximum Gasteiger partial charge on any atom is 0.142 e. The van der Waals surface area contributed by atoms with Gasteiger partial charge in [0.25, 0.3) is 0 Å². The predicted molar refractivity (Wildman–Crippen MR) is 83.6 cm³/mol. The van der Waals surface area contributed by atoms with Crippen LogP contribution in [0, 0.1) is 5.82 Å². The van der Waals surface area contributed by atoms with Gasteiger partial charge in [0, 0.05) is 9.85 Å². The van der Waals surface area contributed by atoms with Gasteiger partial charge in [-0.25, -0.2) is 4.39 Å². The van der Waals surface area contributed by atoms with E-state index >= 15 is 0 Å². The summed E-state index contributed by atoms with van der Waals surface area (Å²) in [7, 11) is 0. The molecule has 1 aromatic heterocycles. The van der Waals surface area contributed by atoms with E-state index in [9.17, 15) is 4.39 Å². The molecule has 19 heavy (non-hydrogen) atoms. The Labute approximate surface area is 129 Å². The lowest BCUT2D eigenvalue weighted by atomic mass is 10.0. The van der Waals surface area contributed by atoms with Gasteiger partial charge in [0.2, 0.25) is 0 Å². The van der Waals surface area contributed by atoms with E-state index in [1.807, 2.05) is 11.4 Å². The van der Waals surface area contributed by atoms with E-state index in [2.05, 4.69) is 33.6 Å². The van der Waals surface area contributed by atoms with Gasteiger partial charge in [-0.05, 0) is 57.5 Å². The minimum Gasteiger partial charge on any atom is -0.306 e. The molecule has 0 fully saturated rings. The van der Waals surface area contributed by atoms with Gasteiger partial charge >= 0.3 is 0 Å². The highest BCUT2D eigenvalue weighted by Gasteiger charge is 2.18. The Bertz CT molecular complexity index is 558. The monoisotopic (exact) mass is 361 g/mol. The third kappa shape index (κ3) is 3.57. The molecule has 0 bridgehead atoms. The number of halogens is 3. The van der Waals surface area contributed by atoms with Crippen LogP contribution in [0.15, 0.2) is 33.4 Å². The van der Waals surface area contributed by atoms with E-state index in [0.29, 0.717) is 0 Å². The first-order valence-electron chi connectivity index (χ1n) is 6.03. The Hall–Kier alpha value is -0.420. The normalized spacial score (nSPS) is 12.6. The van der Waals surface area contributed by atoms with Crippen LogP contribution in [0.4, 0.5) is 4.39 Å². The van der Waals surface area contributed by atoms with Crippen molar-refractivity contribution in [3.63, 3.8) is 0 Å². The van der Waals surface area contributed by atoms with Gasteiger partial charge in [0.1, 0.15) is 5.82 Å². The smallest absolute Gasteiger partial charge is 0.142 e. The molecule has 1 nitrogen and oxygen atoms in total. The molecule has 0 saturated heterocycles. The SMILES string of the molecule is CCCNC(c1ccc(Cl)c(F)c1)c1cscc1Br. The molecule has 2 aromatic rings. The van der Waals surface area contributed by atoms with E-state index in [4.69, 9.17) is 11.6 Å². The van der Waals surface area contributed by atoms with Crippen LogP contribution < -0.4 is 5.32 Å². The first kappa shape index (κ1) is 15.0. The first-order valence-corrected chi connectivity index (χ1v) is 8.14. The molecule has 0 aliphatic rings. The fourth-order valence-electron chi connectivity index (χ4n) is 1.89. The second kappa shape index (κ2) is 6.84. The second-order valence-electron chi connectivity index (χ2n) is 4.24. The van der Waals surface area contributed by atoms with Crippen molar-refractivity contribution in [2.24, 2.45) is 0 Å². The molecular weight excluding hydrogens is 349 g/mol. The van der Waals surface area contributed by atoms with Gasteiger partial charge in [-0.3, -0.25) is 0 Å². The van der Waals surface area contributed by atoms with Gasteiger partial charge in [-0.15, -0.1) is 0 Å². The van der Waals surface area contributed by atoms with Crippen molar-refractivity contribution < 1.29 is 4.39 Å². The zero-order chi connectivity index (χ0) is 13.8. The van der Waals surface area contributed by atoms with Gasteiger partial charge < -0.3 is 5.32 Å². The molecule has 102 valence electrons. The maximum atomic E-state index is 13.6. The maximum absolute atomic E-state index is 13.6. The van der Waals surface area contributed by atoms with E-state index in [1.54, 1.807) is 17.4 Å². The number of benzene rings is 1. The van der Waals surface area contributed by atoms with Crippen molar-refractivity contribution in [1.82, 2.24) is 5.32 Å². The Morgan fingerprint density at radius 2 is 2.21 bits per heavy atom. The van der Waals surface area contributed by atoms with Crippen molar-refractivity contribution in [2.75, 3.05) is 6.54 Å². The molecule has 0 amide bonds. The molecule has 0 spiro atoms. The van der Waals surface area contributed by atoms with Crippen molar-refractivity contribution in [2.45, 2.75) is 19.4 Å². The Kier molecular flexibility index (Phi) is 5.39. The van der Waals surface area contributed by atoms with Crippen LogP contribution in [0.3, 0.4) is 0 Å². The lowest BCUT2D eigenvalue weighted by Gasteiger charge is -2.19. The Morgan fingerprint density at radius 1 is 1.42 bits per heavy atom. The average Bonchev–Trinajstić information content (AvgIpc) is 2.80. The summed E-state index contributed by atoms with van der Waals surface area (Å²) in [6.07, 6.45) is 1.02. The molecular formula is C14H14BrClFNS. The third-order valence-electron chi connectivity index (χ3n) is 2.83. The van der Waals surface area contributed by atoms with Crippen LogP contribution in [0.5, 0.6) is 0 Å². The minimum atomic E-state index is -0.381. The molecule has 1 unspecified atom stereocenters. The molecule has 1 atom stereocenters. The summed E-state index contributed by atoms with van der Waals surface area (Å²) in [5.74, 6) is -0.381. The molecule has 1 heterocycles. The summed E-state index contributed by atoms with van der Waals surface area (Å²) in [6.45, 7) is 2.98. The van der Waals surface area contributed by atoms with Crippen molar-refractivity contribution >= 4 is 38.9 Å². The summed E-state index contributed by atoms with van der Waals surface area (Å²) in [4.78, 5) is 0. The number of rotatable bonds is 5. The fourth-order valence-corrected chi connectivity index (χ4v) is 3.55. The lowest BCUT2D eigenvalue weighted by molar-refractivity contribution is 0.585. The van der Waals surface area contributed by atoms with Crippen LogP contribution in [-0.4, -0.2) is 6.54 Å². The van der Waals surface area contributed by atoms with Crippen LogP contribution >= 0.6 is 38.9 Å². The number of thiophene rings is 1. The minimum absolute atomic E-state index is 0.0210. The van der Waals surface area contributed by atoms with Crippen LogP contribution in [0.1, 0.15) is 30.5 Å². The number of hydrogen-bond acceptors (Lipinski definition) is 2. The highest BCUT2D eigenvalue weighted by molar-refractivity contribution is 9.10. The van der Waals surface area contributed by atoms with Crippen molar-refractivity contribution in [3.05, 3.63) is 55.4 Å².